The Morgan fingerprint density at radius 2 is 0.568 bits per heavy atom. The summed E-state index contributed by atoms with van der Waals surface area (Å²) < 4.78 is 0. The van der Waals surface area contributed by atoms with Gasteiger partial charge in [0.1, 0.15) is 0 Å². The summed E-state index contributed by atoms with van der Waals surface area (Å²) in [6, 6.07) is 0. The Bertz CT molecular complexity index is 462. The number of hydrogen-bond donors (Lipinski definition) is 1. The van der Waals surface area contributed by atoms with Crippen LogP contribution in [-0.2, 0) is 0 Å². The van der Waals surface area contributed by atoms with Crippen LogP contribution in [0.5, 0.6) is 0 Å². The van der Waals surface area contributed by atoms with Crippen LogP contribution < -0.4 is 5.73 Å². The minimum Gasteiger partial charge on any atom is -0.330 e. The molecule has 0 spiro atoms. The summed E-state index contributed by atoms with van der Waals surface area (Å²) in [5, 5.41) is 1.05. The van der Waals surface area contributed by atoms with Crippen LogP contribution in [0.3, 0.4) is 0 Å². The van der Waals surface area contributed by atoms with Gasteiger partial charge in [0.15, 0.2) is 0 Å². The van der Waals surface area contributed by atoms with Gasteiger partial charge in [0.25, 0.3) is 0 Å². The molecule has 0 aromatic carbocycles. The molecular weight excluding hydrogens is 479 g/mol. The van der Waals surface area contributed by atoms with Gasteiger partial charge in [0.05, 0.1) is 16.1 Å². The third-order valence-corrected chi connectivity index (χ3v) is 28.9. The Morgan fingerprint density at radius 1 is 0.351 bits per heavy atom. The van der Waals surface area contributed by atoms with Crippen molar-refractivity contribution in [2.45, 2.75) is 211 Å². The molecule has 3 heteroatoms. The van der Waals surface area contributed by atoms with Gasteiger partial charge in [-0.05, 0) is 18.1 Å². The molecule has 37 heavy (non-hydrogen) atoms. The van der Waals surface area contributed by atoms with Crippen LogP contribution in [0.4, 0.5) is 0 Å². The predicted molar refractivity (Wildman–Crippen MR) is 180 cm³/mol. The first kappa shape index (κ1) is 37.4. The van der Waals surface area contributed by atoms with Gasteiger partial charge >= 0.3 is 0 Å². The standard InChI is InChI=1S/C34H75NSi2/c1-28(2)36(29(3)4,30(5)6)34(37(31(7)8,32(9)10)33(11)12)26-24-22-20-18-16-14-13-15-17-19-21-23-25-27-35/h28-34H,13-27,35H2,1-12H3. The third kappa shape index (κ3) is 10.4. The maximum absolute atomic E-state index is 5.59. The van der Waals surface area contributed by atoms with Crippen molar-refractivity contribution < 1.29 is 0 Å². The second kappa shape index (κ2) is 19.5. The minimum atomic E-state index is -1.53. The van der Waals surface area contributed by atoms with Crippen molar-refractivity contribution in [1.29, 1.82) is 0 Å². The fourth-order valence-corrected chi connectivity index (χ4v) is 33.5. The highest BCUT2D eigenvalue weighted by Gasteiger charge is 2.60. The highest BCUT2D eigenvalue weighted by molar-refractivity contribution is 7.02. The zero-order valence-electron chi connectivity index (χ0n) is 28.2. The van der Waals surface area contributed by atoms with Gasteiger partial charge in [-0.3, -0.25) is 0 Å². The Labute approximate surface area is 239 Å². The summed E-state index contributed by atoms with van der Waals surface area (Å²) in [4.78, 5) is 0. The van der Waals surface area contributed by atoms with Crippen molar-refractivity contribution in [1.82, 2.24) is 0 Å². The normalized spacial score (nSPS) is 13.6. The molecule has 224 valence electrons. The van der Waals surface area contributed by atoms with E-state index in [0.717, 1.165) is 45.0 Å². The Balaban J connectivity index is 5.17. The van der Waals surface area contributed by atoms with E-state index in [4.69, 9.17) is 5.73 Å². The first-order valence-electron chi connectivity index (χ1n) is 17.1. The van der Waals surface area contributed by atoms with E-state index in [9.17, 15) is 0 Å². The average Bonchev–Trinajstić information content (AvgIpc) is 2.78. The van der Waals surface area contributed by atoms with Gasteiger partial charge in [-0.25, -0.2) is 0 Å². The maximum atomic E-state index is 5.59. The lowest BCUT2D eigenvalue weighted by Crippen LogP contribution is -2.62. The fourth-order valence-electron chi connectivity index (χ4n) is 9.78. The Hall–Kier alpha value is 0.394. The molecule has 0 aliphatic rings. The molecule has 2 N–H and O–H groups in total. The lowest BCUT2D eigenvalue weighted by Gasteiger charge is -2.60. The first-order chi connectivity index (χ1) is 17.4. The topological polar surface area (TPSA) is 26.0 Å². The zero-order chi connectivity index (χ0) is 28.6. The van der Waals surface area contributed by atoms with E-state index in [1.807, 2.05) is 0 Å². The Morgan fingerprint density at radius 3 is 0.784 bits per heavy atom. The van der Waals surface area contributed by atoms with Crippen LogP contribution in [0.15, 0.2) is 0 Å². The summed E-state index contributed by atoms with van der Waals surface area (Å²) >= 11 is 0. The quantitative estimate of drug-likeness (QED) is 0.0987. The van der Waals surface area contributed by atoms with Gasteiger partial charge in [0.2, 0.25) is 0 Å². The van der Waals surface area contributed by atoms with Gasteiger partial charge in [-0.1, -0.05) is 200 Å². The van der Waals surface area contributed by atoms with Crippen LogP contribution in [0, 0.1) is 0 Å². The summed E-state index contributed by atoms with van der Waals surface area (Å²) in [7, 11) is -3.06. The van der Waals surface area contributed by atoms with E-state index in [0.29, 0.717) is 0 Å². The van der Waals surface area contributed by atoms with Crippen molar-refractivity contribution in [2.75, 3.05) is 6.54 Å². The molecule has 1 nitrogen and oxygen atoms in total. The number of rotatable bonds is 23. The largest absolute Gasteiger partial charge is 0.330 e. The second-order valence-corrected chi connectivity index (χ2v) is 27.6. The van der Waals surface area contributed by atoms with Crippen LogP contribution >= 0.6 is 0 Å². The van der Waals surface area contributed by atoms with Gasteiger partial charge in [-0.2, -0.15) is 0 Å². The molecule has 0 atom stereocenters. The van der Waals surface area contributed by atoms with Crippen LogP contribution in [0.2, 0.25) is 38.4 Å². The molecule has 0 saturated carbocycles. The molecule has 0 aliphatic heterocycles. The molecular formula is C34H75NSi2. The molecule has 0 aromatic rings. The molecule has 0 fully saturated rings. The lowest BCUT2D eigenvalue weighted by molar-refractivity contribution is 0.532. The van der Waals surface area contributed by atoms with Crippen LogP contribution in [0.25, 0.3) is 0 Å². The molecule has 0 rings (SSSR count). The zero-order valence-corrected chi connectivity index (χ0v) is 30.2. The molecule has 0 radical (unpaired) electrons. The third-order valence-electron chi connectivity index (χ3n) is 10.9. The van der Waals surface area contributed by atoms with E-state index in [-0.39, 0.29) is 0 Å². The maximum Gasteiger partial charge on any atom is 0.0617 e. The van der Waals surface area contributed by atoms with Crippen molar-refractivity contribution in [2.24, 2.45) is 5.73 Å². The van der Waals surface area contributed by atoms with Gasteiger partial charge < -0.3 is 5.73 Å². The van der Waals surface area contributed by atoms with E-state index in [1.165, 1.54) is 89.9 Å². The fraction of sp³-hybridized carbons (Fsp3) is 1.00. The van der Waals surface area contributed by atoms with Crippen molar-refractivity contribution in [3.05, 3.63) is 0 Å². The summed E-state index contributed by atoms with van der Waals surface area (Å²) in [6.07, 6.45) is 20.0. The molecule has 0 heterocycles. The smallest absolute Gasteiger partial charge is 0.0617 e. The van der Waals surface area contributed by atoms with E-state index in [2.05, 4.69) is 83.1 Å². The molecule has 0 bridgehead atoms. The Kier molecular flexibility index (Phi) is 19.7. The highest BCUT2D eigenvalue weighted by Crippen LogP contribution is 2.61. The summed E-state index contributed by atoms with van der Waals surface area (Å²) in [6.45, 7) is 32.4. The van der Waals surface area contributed by atoms with Gasteiger partial charge in [0, 0.05) is 0 Å². The molecule has 0 unspecified atom stereocenters. The van der Waals surface area contributed by atoms with Crippen molar-refractivity contribution >= 4 is 16.1 Å². The van der Waals surface area contributed by atoms with E-state index in [1.54, 1.807) is 0 Å². The highest BCUT2D eigenvalue weighted by atomic mass is 28.4. The van der Waals surface area contributed by atoms with E-state index >= 15 is 0 Å². The monoisotopic (exact) mass is 554 g/mol. The van der Waals surface area contributed by atoms with Crippen molar-refractivity contribution in [3.8, 4) is 0 Å². The number of nitrogens with two attached hydrogens (primary N) is 1. The number of hydrogen-bond acceptors (Lipinski definition) is 1. The molecule has 0 aromatic heterocycles. The predicted octanol–water partition coefficient (Wildman–Crippen LogP) is 12.7. The molecule has 0 amide bonds. The van der Waals surface area contributed by atoms with Crippen LogP contribution in [-0.4, -0.2) is 22.7 Å². The minimum absolute atomic E-state index is 0.868. The molecule has 0 saturated heterocycles. The summed E-state index contributed by atoms with van der Waals surface area (Å²) in [5.74, 6) is 0. The lowest BCUT2D eigenvalue weighted by atomic mass is 10.0. The second-order valence-electron chi connectivity index (χ2n) is 14.7. The number of unbranched alkanes of at least 4 members (excludes halogenated alkanes) is 12. The average molecular weight is 554 g/mol. The van der Waals surface area contributed by atoms with Gasteiger partial charge in [-0.15, -0.1) is 0 Å². The SMILES string of the molecule is CC(C)[Si](C(C)C)(C(C)C)C(CCCCCCCCCCCCCCCN)[Si](C(C)C)(C(C)C)C(C)C. The first-order valence-corrected chi connectivity index (χ1v) is 21.7. The summed E-state index contributed by atoms with van der Waals surface area (Å²) in [5.41, 5.74) is 10.9. The van der Waals surface area contributed by atoms with E-state index < -0.39 is 16.1 Å². The van der Waals surface area contributed by atoms with Crippen LogP contribution in [0.1, 0.15) is 173 Å². The molecule has 0 aliphatic carbocycles. The van der Waals surface area contributed by atoms with Crippen molar-refractivity contribution in [3.63, 3.8) is 0 Å².